The first-order valence-electron chi connectivity index (χ1n) is 8.79. The number of carbonyl (C=O) groups is 2. The fourth-order valence-electron chi connectivity index (χ4n) is 4.01. The predicted molar refractivity (Wildman–Crippen MR) is 89.4 cm³/mol. The molecule has 1 aliphatic carbocycles. The molecule has 1 aliphatic heterocycles. The predicted octanol–water partition coefficient (Wildman–Crippen LogP) is 3.64. The van der Waals surface area contributed by atoms with Gasteiger partial charge < -0.3 is 10.0 Å². The average molecular weight is 315 g/mol. The van der Waals surface area contributed by atoms with E-state index < -0.39 is 11.9 Å². The van der Waals surface area contributed by atoms with Crippen LogP contribution in [0.1, 0.15) is 50.5 Å². The third-order valence-electron chi connectivity index (χ3n) is 5.27. The van der Waals surface area contributed by atoms with E-state index >= 15 is 0 Å². The Balaban J connectivity index is 1.77. The first-order chi connectivity index (χ1) is 11.2. The van der Waals surface area contributed by atoms with Crippen molar-refractivity contribution in [2.45, 2.75) is 51.4 Å². The minimum absolute atomic E-state index is 0.227. The Morgan fingerprint density at radius 3 is 2.61 bits per heavy atom. The van der Waals surface area contributed by atoms with Crippen molar-refractivity contribution in [3.63, 3.8) is 0 Å². The first kappa shape index (κ1) is 16.0. The Kier molecular flexibility index (Phi) is 4.99. The number of para-hydroxylation sites is 1. The van der Waals surface area contributed by atoms with Crippen LogP contribution in [0.3, 0.4) is 0 Å². The highest BCUT2D eigenvalue weighted by molar-refractivity contribution is 6.06. The van der Waals surface area contributed by atoms with Crippen molar-refractivity contribution in [2.24, 2.45) is 11.8 Å². The van der Waals surface area contributed by atoms with E-state index in [0.717, 1.165) is 49.8 Å². The Bertz CT molecular complexity index is 578. The molecule has 1 heterocycles. The number of nitrogens with zero attached hydrogens (tertiary/aromatic N) is 1. The molecule has 0 aromatic heterocycles. The summed E-state index contributed by atoms with van der Waals surface area (Å²) in [4.78, 5) is 26.4. The second kappa shape index (κ2) is 7.16. The fourth-order valence-corrected chi connectivity index (χ4v) is 4.01. The van der Waals surface area contributed by atoms with E-state index in [9.17, 15) is 14.7 Å². The number of carboxylic acids is 1. The summed E-state index contributed by atoms with van der Waals surface area (Å²) in [5.74, 6) is -1.71. The maximum Gasteiger partial charge on any atom is 0.316 e. The maximum absolute atomic E-state index is 12.9. The summed E-state index contributed by atoms with van der Waals surface area (Å²) in [6, 6.07) is 7.86. The maximum atomic E-state index is 12.9. The van der Waals surface area contributed by atoms with Gasteiger partial charge in [-0.25, -0.2) is 0 Å². The molecule has 1 N–H and O–H groups in total. The van der Waals surface area contributed by atoms with Gasteiger partial charge in [0, 0.05) is 12.2 Å². The molecule has 0 spiro atoms. The Hall–Kier alpha value is -1.84. The highest BCUT2D eigenvalue weighted by atomic mass is 16.4. The number of hydrogen-bond acceptors (Lipinski definition) is 2. The van der Waals surface area contributed by atoms with Crippen LogP contribution in [0.5, 0.6) is 0 Å². The number of amides is 1. The molecule has 124 valence electrons. The summed E-state index contributed by atoms with van der Waals surface area (Å²) < 4.78 is 0. The van der Waals surface area contributed by atoms with Crippen molar-refractivity contribution >= 4 is 17.6 Å². The molecule has 4 nitrogen and oxygen atoms in total. The molecule has 1 saturated carbocycles. The summed E-state index contributed by atoms with van der Waals surface area (Å²) >= 11 is 0. The average Bonchev–Trinajstić information content (AvgIpc) is 2.59. The standard InChI is InChI=1S/C19H25NO3/c21-18(16(19(22)23)13-14-7-2-1-3-8-14)20-12-6-10-15-9-4-5-11-17(15)20/h4-5,9,11,14,16H,1-3,6-8,10,12-13H2,(H,22,23). The molecule has 0 bridgehead atoms. The zero-order valence-electron chi connectivity index (χ0n) is 13.5. The lowest BCUT2D eigenvalue weighted by Crippen LogP contribution is -2.43. The molecule has 3 rings (SSSR count). The van der Waals surface area contributed by atoms with Crippen LogP contribution in [0, 0.1) is 11.8 Å². The molecule has 23 heavy (non-hydrogen) atoms. The van der Waals surface area contributed by atoms with Crippen LogP contribution in [-0.4, -0.2) is 23.5 Å². The summed E-state index contributed by atoms with van der Waals surface area (Å²) in [5.41, 5.74) is 2.05. The number of rotatable bonds is 4. The van der Waals surface area contributed by atoms with Crippen molar-refractivity contribution in [2.75, 3.05) is 11.4 Å². The van der Waals surface area contributed by atoms with E-state index in [2.05, 4.69) is 0 Å². The topological polar surface area (TPSA) is 57.6 Å². The van der Waals surface area contributed by atoms with Gasteiger partial charge in [-0.2, -0.15) is 0 Å². The number of carbonyl (C=O) groups excluding carboxylic acids is 1. The van der Waals surface area contributed by atoms with E-state index in [1.54, 1.807) is 4.90 Å². The third-order valence-corrected chi connectivity index (χ3v) is 5.27. The first-order valence-corrected chi connectivity index (χ1v) is 8.79. The molecule has 1 unspecified atom stereocenters. The summed E-state index contributed by atoms with van der Waals surface area (Å²) in [6.45, 7) is 0.629. The van der Waals surface area contributed by atoms with Gasteiger partial charge in [-0.3, -0.25) is 9.59 Å². The summed E-state index contributed by atoms with van der Waals surface area (Å²) in [6.07, 6.45) is 8.05. The minimum Gasteiger partial charge on any atom is -0.481 e. The second-order valence-corrected chi connectivity index (χ2v) is 6.85. The van der Waals surface area contributed by atoms with E-state index in [1.165, 1.54) is 6.42 Å². The van der Waals surface area contributed by atoms with Gasteiger partial charge >= 0.3 is 5.97 Å². The van der Waals surface area contributed by atoms with Gasteiger partial charge in [-0.05, 0) is 36.8 Å². The SMILES string of the molecule is O=C(O)C(CC1CCCCC1)C(=O)N1CCCc2ccccc21. The molecule has 0 saturated heterocycles. The van der Waals surface area contributed by atoms with Gasteiger partial charge in [0.05, 0.1) is 0 Å². The number of hydrogen-bond donors (Lipinski definition) is 1. The van der Waals surface area contributed by atoms with Gasteiger partial charge in [0.1, 0.15) is 5.92 Å². The number of aliphatic carboxylic acids is 1. The monoisotopic (exact) mass is 315 g/mol. The highest BCUT2D eigenvalue weighted by Crippen LogP contribution is 2.32. The molecular formula is C19H25NO3. The van der Waals surface area contributed by atoms with Crippen LogP contribution in [0.4, 0.5) is 5.69 Å². The molecule has 4 heteroatoms. The number of aryl methyl sites for hydroxylation is 1. The van der Waals surface area contributed by atoms with Crippen LogP contribution in [0.15, 0.2) is 24.3 Å². The van der Waals surface area contributed by atoms with Crippen LogP contribution in [0.2, 0.25) is 0 Å². The largest absolute Gasteiger partial charge is 0.481 e. The number of benzene rings is 1. The zero-order chi connectivity index (χ0) is 16.2. The van der Waals surface area contributed by atoms with E-state index in [0.29, 0.717) is 18.9 Å². The van der Waals surface area contributed by atoms with Gasteiger partial charge in [-0.1, -0.05) is 50.3 Å². The smallest absolute Gasteiger partial charge is 0.316 e. The lowest BCUT2D eigenvalue weighted by Gasteiger charge is -2.32. The summed E-state index contributed by atoms with van der Waals surface area (Å²) in [5, 5.41) is 9.61. The number of fused-ring (bicyclic) bond motifs is 1. The lowest BCUT2D eigenvalue weighted by atomic mass is 9.82. The van der Waals surface area contributed by atoms with Crippen molar-refractivity contribution in [3.8, 4) is 0 Å². The van der Waals surface area contributed by atoms with Crippen molar-refractivity contribution in [1.29, 1.82) is 0 Å². The normalized spacial score (nSPS) is 19.9. The molecule has 0 radical (unpaired) electrons. The third kappa shape index (κ3) is 3.57. The Morgan fingerprint density at radius 2 is 1.87 bits per heavy atom. The van der Waals surface area contributed by atoms with Gasteiger partial charge in [0.2, 0.25) is 5.91 Å². The quantitative estimate of drug-likeness (QED) is 0.863. The van der Waals surface area contributed by atoms with Crippen LogP contribution in [-0.2, 0) is 16.0 Å². The highest BCUT2D eigenvalue weighted by Gasteiger charge is 2.35. The molecule has 1 aromatic rings. The van der Waals surface area contributed by atoms with Gasteiger partial charge in [-0.15, -0.1) is 0 Å². The zero-order valence-corrected chi connectivity index (χ0v) is 13.5. The number of anilines is 1. The van der Waals surface area contributed by atoms with Crippen molar-refractivity contribution < 1.29 is 14.7 Å². The van der Waals surface area contributed by atoms with Gasteiger partial charge in [0.15, 0.2) is 0 Å². The Morgan fingerprint density at radius 1 is 1.13 bits per heavy atom. The van der Waals surface area contributed by atoms with E-state index in [1.807, 2.05) is 24.3 Å². The Labute approximate surface area is 137 Å². The summed E-state index contributed by atoms with van der Waals surface area (Å²) in [7, 11) is 0. The van der Waals surface area contributed by atoms with Crippen LogP contribution in [0.25, 0.3) is 0 Å². The second-order valence-electron chi connectivity index (χ2n) is 6.85. The van der Waals surface area contributed by atoms with E-state index in [-0.39, 0.29) is 5.91 Å². The van der Waals surface area contributed by atoms with Crippen molar-refractivity contribution in [3.05, 3.63) is 29.8 Å². The molecule has 1 amide bonds. The number of carboxylic acid groups (broad SMARTS) is 1. The van der Waals surface area contributed by atoms with E-state index in [4.69, 9.17) is 0 Å². The van der Waals surface area contributed by atoms with Crippen LogP contribution >= 0.6 is 0 Å². The molecule has 1 atom stereocenters. The van der Waals surface area contributed by atoms with Crippen molar-refractivity contribution in [1.82, 2.24) is 0 Å². The van der Waals surface area contributed by atoms with Gasteiger partial charge in [0.25, 0.3) is 0 Å². The molecule has 1 fully saturated rings. The van der Waals surface area contributed by atoms with Crippen LogP contribution < -0.4 is 4.90 Å². The molecule has 1 aromatic carbocycles. The minimum atomic E-state index is -0.969. The fraction of sp³-hybridized carbons (Fsp3) is 0.579. The molecular weight excluding hydrogens is 290 g/mol. The lowest BCUT2D eigenvalue weighted by molar-refractivity contribution is -0.147. The molecule has 2 aliphatic rings.